The van der Waals surface area contributed by atoms with Crippen molar-refractivity contribution in [2.75, 3.05) is 15.4 Å². The summed E-state index contributed by atoms with van der Waals surface area (Å²) in [6.45, 7) is 3.42. The van der Waals surface area contributed by atoms with Crippen LogP contribution < -0.4 is 15.4 Å². The van der Waals surface area contributed by atoms with E-state index in [1.165, 1.54) is 24.3 Å². The van der Waals surface area contributed by atoms with E-state index in [0.29, 0.717) is 22.5 Å². The number of hydrogen-bond acceptors (Lipinski definition) is 6. The first-order valence-corrected chi connectivity index (χ1v) is 11.3. The Hall–Kier alpha value is -3.31. The molecule has 0 bridgehead atoms. The number of amides is 2. The number of rotatable bonds is 5. The number of sulfonamides is 1. The van der Waals surface area contributed by atoms with Crippen molar-refractivity contribution in [3.8, 4) is 0 Å². The standard InChI is InChI=1S/C20H17BrN4O5S/c1-11-12(2)24-30-19(11)25-31(27,28)16-6-4-15(5-7-16)22-20(26)23-18-10-13-9-14(21)3-8-17(13)29-18/h3-10,25H,1-2H3,(H2,22,23,26). The number of carbonyl (C=O) groups is 1. The van der Waals surface area contributed by atoms with Gasteiger partial charge < -0.3 is 14.3 Å². The fourth-order valence-corrected chi connectivity index (χ4v) is 4.18. The summed E-state index contributed by atoms with van der Waals surface area (Å²) in [5.41, 5.74) is 2.25. The summed E-state index contributed by atoms with van der Waals surface area (Å²) in [6.07, 6.45) is 0. The number of benzene rings is 2. The molecule has 2 aromatic carbocycles. The quantitative estimate of drug-likeness (QED) is 0.340. The lowest BCUT2D eigenvalue weighted by Gasteiger charge is -2.08. The highest BCUT2D eigenvalue weighted by Crippen LogP contribution is 2.26. The molecule has 0 aliphatic carbocycles. The number of anilines is 3. The topological polar surface area (TPSA) is 126 Å². The van der Waals surface area contributed by atoms with E-state index >= 15 is 0 Å². The summed E-state index contributed by atoms with van der Waals surface area (Å²) in [5, 5.41) is 9.79. The van der Waals surface area contributed by atoms with Gasteiger partial charge in [0.25, 0.3) is 10.0 Å². The third-order valence-electron chi connectivity index (χ3n) is 4.52. The van der Waals surface area contributed by atoms with Crippen molar-refractivity contribution in [3.63, 3.8) is 0 Å². The van der Waals surface area contributed by atoms with E-state index in [-0.39, 0.29) is 16.7 Å². The van der Waals surface area contributed by atoms with Gasteiger partial charge in [-0.25, -0.2) is 17.9 Å². The van der Waals surface area contributed by atoms with Crippen LogP contribution in [0.2, 0.25) is 0 Å². The van der Waals surface area contributed by atoms with E-state index in [4.69, 9.17) is 8.94 Å². The van der Waals surface area contributed by atoms with Crippen LogP contribution in [0.3, 0.4) is 0 Å². The number of aromatic nitrogens is 1. The lowest BCUT2D eigenvalue weighted by molar-refractivity contribution is 0.261. The molecule has 0 aliphatic heterocycles. The Labute approximate surface area is 186 Å². The fraction of sp³-hybridized carbons (Fsp3) is 0.100. The summed E-state index contributed by atoms with van der Waals surface area (Å²) in [4.78, 5) is 12.3. The number of furan rings is 1. The van der Waals surface area contributed by atoms with E-state index in [0.717, 1.165) is 9.86 Å². The van der Waals surface area contributed by atoms with Crippen molar-refractivity contribution in [1.82, 2.24) is 5.16 Å². The minimum Gasteiger partial charge on any atom is -0.440 e. The fourth-order valence-electron chi connectivity index (χ4n) is 2.76. The second kappa shape index (κ2) is 8.08. The van der Waals surface area contributed by atoms with Crippen LogP contribution in [0.25, 0.3) is 11.0 Å². The van der Waals surface area contributed by atoms with Crippen molar-refractivity contribution in [2.45, 2.75) is 18.7 Å². The number of halogens is 1. The first-order valence-electron chi connectivity index (χ1n) is 9.04. The first-order chi connectivity index (χ1) is 14.7. The SMILES string of the molecule is Cc1noc(NS(=O)(=O)c2ccc(NC(=O)Nc3cc4cc(Br)ccc4o3)cc2)c1C. The molecule has 0 atom stereocenters. The van der Waals surface area contributed by atoms with Crippen LogP contribution in [-0.2, 0) is 10.0 Å². The first kappa shape index (κ1) is 20.9. The molecule has 0 spiro atoms. The summed E-state index contributed by atoms with van der Waals surface area (Å²) in [6, 6.07) is 12.4. The van der Waals surface area contributed by atoms with E-state index < -0.39 is 16.1 Å². The predicted molar refractivity (Wildman–Crippen MR) is 120 cm³/mol. The molecule has 9 nitrogen and oxygen atoms in total. The largest absolute Gasteiger partial charge is 0.440 e. The normalized spacial score (nSPS) is 11.5. The minimum atomic E-state index is -3.87. The van der Waals surface area contributed by atoms with Gasteiger partial charge in [-0.3, -0.25) is 5.32 Å². The smallest absolute Gasteiger partial charge is 0.326 e. The van der Waals surface area contributed by atoms with Crippen molar-refractivity contribution in [3.05, 3.63) is 64.3 Å². The molecule has 4 rings (SSSR count). The van der Waals surface area contributed by atoms with E-state index in [1.54, 1.807) is 26.0 Å². The van der Waals surface area contributed by atoms with Gasteiger partial charge in [-0.05, 0) is 56.3 Å². The third kappa shape index (κ3) is 4.57. The molecule has 0 saturated carbocycles. The highest BCUT2D eigenvalue weighted by Gasteiger charge is 2.19. The summed E-state index contributed by atoms with van der Waals surface area (Å²) >= 11 is 3.38. The number of nitrogens with one attached hydrogen (secondary N) is 3. The maximum absolute atomic E-state index is 12.5. The van der Waals surface area contributed by atoms with Crippen LogP contribution in [0.1, 0.15) is 11.3 Å². The molecular weight excluding hydrogens is 488 g/mol. The summed E-state index contributed by atoms with van der Waals surface area (Å²) in [5.74, 6) is 0.351. The highest BCUT2D eigenvalue weighted by atomic mass is 79.9. The Morgan fingerprint density at radius 3 is 2.45 bits per heavy atom. The zero-order valence-corrected chi connectivity index (χ0v) is 18.8. The Morgan fingerprint density at radius 2 is 1.77 bits per heavy atom. The van der Waals surface area contributed by atoms with Gasteiger partial charge in [-0.15, -0.1) is 0 Å². The number of nitrogens with zero attached hydrogens (tertiary/aromatic N) is 1. The monoisotopic (exact) mass is 504 g/mol. The van der Waals surface area contributed by atoms with Crippen molar-refractivity contribution in [1.29, 1.82) is 0 Å². The van der Waals surface area contributed by atoms with Gasteiger partial charge in [-0.2, -0.15) is 0 Å². The van der Waals surface area contributed by atoms with Crippen LogP contribution in [0.15, 0.2) is 66.8 Å². The van der Waals surface area contributed by atoms with Gasteiger partial charge in [-0.1, -0.05) is 21.1 Å². The van der Waals surface area contributed by atoms with Crippen LogP contribution in [0.5, 0.6) is 0 Å². The van der Waals surface area contributed by atoms with Crippen LogP contribution in [-0.4, -0.2) is 19.6 Å². The molecule has 3 N–H and O–H groups in total. The Balaban J connectivity index is 1.42. The lowest BCUT2D eigenvalue weighted by atomic mass is 10.3. The van der Waals surface area contributed by atoms with Crippen molar-refractivity contribution < 1.29 is 22.2 Å². The number of carbonyl (C=O) groups excluding carboxylic acids is 1. The molecule has 0 saturated heterocycles. The van der Waals surface area contributed by atoms with Gasteiger partial charge in [0.1, 0.15) is 5.58 Å². The Kier molecular flexibility index (Phi) is 5.46. The van der Waals surface area contributed by atoms with Crippen LogP contribution in [0.4, 0.5) is 22.3 Å². The number of aryl methyl sites for hydroxylation is 1. The molecule has 11 heteroatoms. The average molecular weight is 505 g/mol. The Bertz CT molecular complexity index is 1380. The molecule has 2 heterocycles. The van der Waals surface area contributed by atoms with E-state index in [1.807, 2.05) is 12.1 Å². The molecular formula is C20H17BrN4O5S. The molecule has 0 aliphatic rings. The molecule has 0 unspecified atom stereocenters. The average Bonchev–Trinajstić information content (AvgIpc) is 3.25. The van der Waals surface area contributed by atoms with Crippen LogP contribution in [0, 0.1) is 13.8 Å². The molecule has 0 fully saturated rings. The third-order valence-corrected chi connectivity index (χ3v) is 6.36. The van der Waals surface area contributed by atoms with Gasteiger partial charge in [0.2, 0.25) is 11.8 Å². The summed E-state index contributed by atoms with van der Waals surface area (Å²) < 4.78 is 38.9. The molecule has 2 amide bonds. The Morgan fingerprint density at radius 1 is 1.03 bits per heavy atom. The van der Waals surface area contributed by atoms with E-state index in [9.17, 15) is 13.2 Å². The number of urea groups is 1. The van der Waals surface area contributed by atoms with Crippen LogP contribution >= 0.6 is 15.9 Å². The maximum atomic E-state index is 12.5. The number of fused-ring (bicyclic) bond motifs is 1. The zero-order valence-electron chi connectivity index (χ0n) is 16.4. The van der Waals surface area contributed by atoms with Crippen molar-refractivity contribution in [2.24, 2.45) is 0 Å². The predicted octanol–water partition coefficient (Wildman–Crippen LogP) is 5.24. The highest BCUT2D eigenvalue weighted by molar-refractivity contribution is 9.10. The van der Waals surface area contributed by atoms with Gasteiger partial charge in [0.15, 0.2) is 0 Å². The summed E-state index contributed by atoms with van der Waals surface area (Å²) in [7, 11) is -3.87. The van der Waals surface area contributed by atoms with Gasteiger partial charge in [0.05, 0.1) is 10.6 Å². The molecule has 160 valence electrons. The molecule has 4 aromatic rings. The number of hydrogen-bond donors (Lipinski definition) is 3. The van der Waals surface area contributed by atoms with Gasteiger partial charge >= 0.3 is 6.03 Å². The molecule has 0 radical (unpaired) electrons. The maximum Gasteiger partial charge on any atom is 0.326 e. The molecule has 31 heavy (non-hydrogen) atoms. The van der Waals surface area contributed by atoms with E-state index in [2.05, 4.69) is 36.4 Å². The minimum absolute atomic E-state index is 0.00905. The lowest BCUT2D eigenvalue weighted by Crippen LogP contribution is -2.19. The second-order valence-electron chi connectivity index (χ2n) is 6.72. The molecule has 2 aromatic heterocycles. The zero-order chi connectivity index (χ0) is 22.2. The van der Waals surface area contributed by atoms with Crippen molar-refractivity contribution >= 4 is 60.4 Å². The van der Waals surface area contributed by atoms with Gasteiger partial charge in [0, 0.05) is 27.2 Å². The second-order valence-corrected chi connectivity index (χ2v) is 9.32.